The molecule has 0 saturated carbocycles. The van der Waals surface area contributed by atoms with E-state index in [4.69, 9.17) is 18.9 Å². The zero-order valence-corrected chi connectivity index (χ0v) is 81.5. The second kappa shape index (κ2) is 32.0. The lowest BCUT2D eigenvalue weighted by molar-refractivity contribution is 0.461. The predicted octanol–water partition coefficient (Wildman–Crippen LogP) is 31.9. The van der Waals surface area contributed by atoms with Crippen LogP contribution in [0.25, 0.3) is 132 Å². The number of ether oxygens (including phenoxy) is 4. The van der Waals surface area contributed by atoms with Crippen molar-refractivity contribution in [2.75, 3.05) is 0 Å². The van der Waals surface area contributed by atoms with Crippen molar-refractivity contribution >= 4 is 89.3 Å². The van der Waals surface area contributed by atoms with E-state index in [0.29, 0.717) is 0 Å². The molecule has 0 spiro atoms. The number of fused-ring (bicyclic) bond motifs is 12. The maximum Gasteiger partial charge on any atom is 0.260 e. The van der Waals surface area contributed by atoms with Crippen molar-refractivity contribution in [3.63, 3.8) is 0 Å². The first-order chi connectivity index (χ1) is 63.8. The second-order valence-corrected chi connectivity index (χ2v) is 45.2. The Bertz CT molecular complexity index is 7510. The predicted molar refractivity (Wildman–Crippen MR) is 573 cm³/mol. The molecule has 18 aromatic carbocycles. The molecule has 6 heteroatoms. The first-order valence-electron chi connectivity index (χ1n) is 48.0. The summed E-state index contributed by atoms with van der Waals surface area (Å²) in [5, 5.41) is 9.86. The minimum Gasteiger partial charge on any atom is -0.458 e. The van der Waals surface area contributed by atoms with Gasteiger partial charge in [0.05, 0.1) is 0 Å². The zero-order valence-electron chi connectivity index (χ0n) is 81.5. The summed E-state index contributed by atoms with van der Waals surface area (Å²) >= 11 is 0. The van der Waals surface area contributed by atoms with E-state index in [1.165, 1.54) is 160 Å². The Kier molecular flexibility index (Phi) is 20.8. The molecule has 0 bridgehead atoms. The second-order valence-electron chi connectivity index (χ2n) is 45.2. The van der Waals surface area contributed by atoms with Crippen LogP contribution in [0, 0.1) is 0 Å². The Morgan fingerprint density at radius 1 is 0.149 bits per heavy atom. The minimum absolute atomic E-state index is 0.00517. The zero-order chi connectivity index (χ0) is 93.4. The summed E-state index contributed by atoms with van der Waals surface area (Å²) in [6.07, 6.45) is 0. The van der Waals surface area contributed by atoms with E-state index in [9.17, 15) is 0 Å². The molecule has 0 radical (unpaired) electrons. The number of hydrogen-bond donors (Lipinski definition) is 0. The average molecular weight is 1740 g/mol. The van der Waals surface area contributed by atoms with Crippen molar-refractivity contribution in [1.82, 2.24) is 0 Å². The van der Waals surface area contributed by atoms with Crippen molar-refractivity contribution < 1.29 is 18.9 Å². The monoisotopic (exact) mass is 1740 g/mol. The molecule has 4 aliphatic rings. The van der Waals surface area contributed by atoms with Crippen molar-refractivity contribution in [3.05, 3.63) is 373 Å². The SMILES string of the molecule is CC(C)(C)c1cc(-c2cc(-c3cc4c5c(c3)Oc3cc(C(C)(C)C)ccc3B5c3ccc(C(C)(C)C)cc3O4)cc(-c3c4ccccc4c(-c4ccccc4)c4ccccc34)c2)cc(C(C)(C)C)c1.CC(C)(C)c1cccc(-c2cc(-c3cc4c5c(c3)Oc3cc(C(C)(C)C)ccc3B5c3ccc(C(C)(C)C)cc3O4)cc(-c3c4ccccc4c(-c4ccccc4)c4ccccc34)c2)c1. The van der Waals surface area contributed by atoms with E-state index in [2.05, 4.69) is 479 Å². The van der Waals surface area contributed by atoms with Crippen molar-refractivity contribution in [3.8, 4) is 135 Å². The van der Waals surface area contributed by atoms with Crippen LogP contribution >= 0.6 is 0 Å². The van der Waals surface area contributed by atoms with Gasteiger partial charge in [0.25, 0.3) is 13.4 Å². The Morgan fingerprint density at radius 2 is 0.358 bits per heavy atom. The van der Waals surface area contributed by atoms with Crippen LogP contribution in [-0.2, 0) is 37.9 Å². The van der Waals surface area contributed by atoms with Crippen LogP contribution < -0.4 is 51.7 Å². The quantitative estimate of drug-likeness (QED) is 0.112. The molecule has 4 aliphatic heterocycles. The van der Waals surface area contributed by atoms with Gasteiger partial charge in [-0.1, -0.05) is 394 Å². The highest BCUT2D eigenvalue weighted by atomic mass is 16.5. The molecule has 0 aliphatic carbocycles. The standard InChI is InChI=1S/C66H63BO2.C62H55BO2/c1-63(2,3)46-26-28-54-56(38-46)68-58-35-44(36-59-62(58)67(54)55-29-27-47(64(4,5)6)39-57(55)69-59)42-30-41(43-33-48(65(7,8)9)37-49(34-43)66(10,11)12)31-45(32-42)61-52-24-18-16-22-50(52)60(40-20-14-13-15-21-40)51-23-17-19-25-53(51)61;1-60(2,3)44-21-17-20-39(33-44)40-30-41(32-43(31-40)58-49-24-15-13-22-47(49)57(38-18-11-10-12-19-38)48-23-14-16-25-50(48)58)42-34-55-59-56(35-42)65-54-37-46(62(7,8)9)27-29-52(54)63(59)51-28-26-45(61(4,5)6)36-53(51)64-55/h13-39H,1-12H3;10-37H,1-9H3. The van der Waals surface area contributed by atoms with E-state index >= 15 is 0 Å². The van der Waals surface area contributed by atoms with Gasteiger partial charge in [0, 0.05) is 10.9 Å². The number of benzene rings is 18. The molecule has 0 saturated heterocycles. The summed E-state index contributed by atoms with van der Waals surface area (Å²) in [5.41, 5.74) is 34.4. The first kappa shape index (κ1) is 87.0. The fourth-order valence-electron chi connectivity index (χ4n) is 20.9. The molecule has 0 aromatic heterocycles. The molecule has 4 heterocycles. The maximum atomic E-state index is 7.14. The van der Waals surface area contributed by atoms with Crippen LogP contribution in [0.3, 0.4) is 0 Å². The third-order valence-electron chi connectivity index (χ3n) is 28.6. The third-order valence-corrected chi connectivity index (χ3v) is 28.6. The largest absolute Gasteiger partial charge is 0.458 e. The highest BCUT2D eigenvalue weighted by Gasteiger charge is 2.44. The molecule has 0 atom stereocenters. The minimum atomic E-state index is -0.0468. The smallest absolute Gasteiger partial charge is 0.260 e. The lowest BCUT2D eigenvalue weighted by Gasteiger charge is -2.35. The molecule has 134 heavy (non-hydrogen) atoms. The molecule has 660 valence electrons. The summed E-state index contributed by atoms with van der Waals surface area (Å²) in [5.74, 6) is 7.03. The van der Waals surface area contributed by atoms with Crippen LogP contribution in [0.5, 0.6) is 46.0 Å². The molecular weight excluding hydrogens is 1620 g/mol. The van der Waals surface area contributed by atoms with E-state index in [0.717, 1.165) is 90.3 Å². The summed E-state index contributed by atoms with van der Waals surface area (Å²) in [6.45, 7) is 48.0. The van der Waals surface area contributed by atoms with Gasteiger partial charge >= 0.3 is 0 Å². The van der Waals surface area contributed by atoms with E-state index in [-0.39, 0.29) is 51.3 Å². The highest BCUT2D eigenvalue weighted by Crippen LogP contribution is 2.52. The van der Waals surface area contributed by atoms with Crippen LogP contribution in [0.2, 0.25) is 0 Å². The normalized spacial score (nSPS) is 13.3. The maximum absolute atomic E-state index is 7.14. The van der Waals surface area contributed by atoms with Gasteiger partial charge in [-0.05, 0) is 316 Å². The van der Waals surface area contributed by atoms with Crippen molar-refractivity contribution in [2.45, 2.75) is 183 Å². The molecule has 4 nitrogen and oxygen atoms in total. The van der Waals surface area contributed by atoms with Gasteiger partial charge in [-0.3, -0.25) is 0 Å². The third kappa shape index (κ3) is 15.7. The molecular formula is C128H118B2O4. The van der Waals surface area contributed by atoms with Gasteiger partial charge < -0.3 is 18.9 Å². The first-order valence-corrected chi connectivity index (χ1v) is 48.0. The Labute approximate surface area is 793 Å². The van der Waals surface area contributed by atoms with Gasteiger partial charge in [-0.15, -0.1) is 0 Å². The Balaban J connectivity index is 0.000000161. The molecule has 0 fully saturated rings. The summed E-state index contributed by atoms with van der Waals surface area (Å²) < 4.78 is 28.5. The molecule has 22 rings (SSSR count). The summed E-state index contributed by atoms with van der Waals surface area (Å²) in [6, 6.07) is 125. The van der Waals surface area contributed by atoms with Crippen molar-refractivity contribution in [1.29, 1.82) is 0 Å². The van der Waals surface area contributed by atoms with Gasteiger partial charge in [-0.2, -0.15) is 0 Å². The average Bonchev–Trinajstić information content (AvgIpc) is 0.718. The fraction of sp³-hybridized carbons (Fsp3) is 0.219. The lowest BCUT2D eigenvalue weighted by Crippen LogP contribution is -2.57. The Morgan fingerprint density at radius 3 is 0.627 bits per heavy atom. The number of hydrogen-bond acceptors (Lipinski definition) is 4. The highest BCUT2D eigenvalue weighted by molar-refractivity contribution is 6.99. The lowest BCUT2D eigenvalue weighted by atomic mass is 9.34. The fourth-order valence-corrected chi connectivity index (χ4v) is 20.9. The van der Waals surface area contributed by atoms with Crippen LogP contribution in [0.15, 0.2) is 334 Å². The van der Waals surface area contributed by atoms with E-state index < -0.39 is 0 Å². The summed E-state index contributed by atoms with van der Waals surface area (Å²) in [7, 11) is 0. The van der Waals surface area contributed by atoms with Gasteiger partial charge in [-0.25, -0.2) is 0 Å². The van der Waals surface area contributed by atoms with Crippen LogP contribution in [-0.4, -0.2) is 13.4 Å². The van der Waals surface area contributed by atoms with Crippen LogP contribution in [0.4, 0.5) is 0 Å². The number of rotatable bonds is 8. The molecule has 18 aromatic rings. The van der Waals surface area contributed by atoms with Gasteiger partial charge in [0.15, 0.2) is 0 Å². The van der Waals surface area contributed by atoms with E-state index in [1.807, 2.05) is 0 Å². The molecule has 0 amide bonds. The van der Waals surface area contributed by atoms with E-state index in [1.54, 1.807) is 0 Å². The Hall–Kier alpha value is -13.7. The van der Waals surface area contributed by atoms with Crippen molar-refractivity contribution in [2.24, 2.45) is 0 Å². The van der Waals surface area contributed by atoms with Gasteiger partial charge in [0.2, 0.25) is 0 Å². The molecule has 0 unspecified atom stereocenters. The van der Waals surface area contributed by atoms with Gasteiger partial charge in [0.1, 0.15) is 46.0 Å². The summed E-state index contributed by atoms with van der Waals surface area (Å²) in [4.78, 5) is 0. The van der Waals surface area contributed by atoms with Crippen LogP contribution in [0.1, 0.15) is 184 Å². The molecule has 0 N–H and O–H groups in total. The topological polar surface area (TPSA) is 36.9 Å².